The molecule has 0 saturated carbocycles. The summed E-state index contributed by atoms with van der Waals surface area (Å²) < 4.78 is 54.3. The van der Waals surface area contributed by atoms with Gasteiger partial charge in [0.25, 0.3) is 10.1 Å². The zero-order valence-corrected chi connectivity index (χ0v) is 43.0. The molecule has 0 aromatic carbocycles. The van der Waals surface area contributed by atoms with Crippen molar-refractivity contribution < 1.29 is 56.8 Å². The fraction of sp³-hybridized carbons (Fsp3) is 0.745. The van der Waals surface area contributed by atoms with Gasteiger partial charge in [0.15, 0.2) is 12.4 Å². The summed E-state index contributed by atoms with van der Waals surface area (Å²) in [6.07, 6.45) is 47.9. The average Bonchev–Trinajstić information content (AvgIpc) is 3.31. The molecule has 1 fully saturated rings. The van der Waals surface area contributed by atoms with E-state index < -0.39 is 71.2 Å². The van der Waals surface area contributed by atoms with E-state index in [1.54, 1.807) is 0 Å². The molecule has 0 amide bonds. The van der Waals surface area contributed by atoms with Gasteiger partial charge in [0.05, 0.1) is 6.61 Å². The first-order valence-corrected chi connectivity index (χ1v) is 28.1. The predicted molar refractivity (Wildman–Crippen MR) is 275 cm³/mol. The van der Waals surface area contributed by atoms with E-state index in [0.717, 1.165) is 70.6 Å². The van der Waals surface area contributed by atoms with Gasteiger partial charge in [-0.25, -0.2) is 0 Å². The molecule has 1 aliphatic rings. The van der Waals surface area contributed by atoms with Crippen LogP contribution in [0.5, 0.6) is 0 Å². The normalized spacial score (nSPS) is 19.8. The molecular formula is C55H94O12S. The molecule has 6 atom stereocenters. The van der Waals surface area contributed by atoms with Gasteiger partial charge in [0.1, 0.15) is 36.8 Å². The van der Waals surface area contributed by atoms with Crippen LogP contribution in [0.1, 0.15) is 206 Å². The topological polar surface area (TPSA) is 186 Å². The standard InChI is InChI=1S/C55H94O12S/c1-3-5-7-9-11-13-15-17-19-21-23-24-26-28-30-32-34-36-38-40-42-44-51(57)66-48(46-65-55-54(60)53(59)52(58)49(67-55)47-68(61,62)63)45-64-50(56)43-41-39-37-35-33-31-29-27-25-22-20-18-16-14-12-10-8-6-4-2/h6,8,12,14,17-20,25,27,31,33,48-49,52-55,58-60H,3-5,7,9-11,13,15-16,21-24,26,28-30,32,34-47H2,1-2H3,(H,61,62,63)/b8-6+,14-12+,19-17+,20-18+,27-25+,33-31+/t48-,49-,52-,53?,54?,55+/m1/s1. The van der Waals surface area contributed by atoms with Crippen molar-refractivity contribution in [3.05, 3.63) is 72.9 Å². The van der Waals surface area contributed by atoms with Crippen molar-refractivity contribution in [3.8, 4) is 0 Å². The third-order valence-electron chi connectivity index (χ3n) is 11.8. The number of hydrogen-bond donors (Lipinski definition) is 4. The van der Waals surface area contributed by atoms with Crippen LogP contribution in [0.25, 0.3) is 0 Å². The lowest BCUT2D eigenvalue weighted by Crippen LogP contribution is -2.60. The van der Waals surface area contributed by atoms with E-state index in [4.69, 9.17) is 18.9 Å². The molecule has 1 aliphatic heterocycles. The van der Waals surface area contributed by atoms with E-state index in [0.29, 0.717) is 12.8 Å². The molecule has 13 heteroatoms. The Morgan fingerprint density at radius 3 is 1.41 bits per heavy atom. The molecule has 392 valence electrons. The van der Waals surface area contributed by atoms with Crippen LogP contribution in [0.2, 0.25) is 0 Å². The second-order valence-electron chi connectivity index (χ2n) is 18.2. The minimum absolute atomic E-state index is 0.153. The van der Waals surface area contributed by atoms with Crippen molar-refractivity contribution in [3.63, 3.8) is 0 Å². The summed E-state index contributed by atoms with van der Waals surface area (Å²) in [5.41, 5.74) is 0. The fourth-order valence-corrected chi connectivity index (χ4v) is 8.39. The van der Waals surface area contributed by atoms with Crippen molar-refractivity contribution in [1.82, 2.24) is 0 Å². The molecule has 0 radical (unpaired) electrons. The smallest absolute Gasteiger partial charge is 0.306 e. The van der Waals surface area contributed by atoms with Gasteiger partial charge >= 0.3 is 11.9 Å². The van der Waals surface area contributed by atoms with E-state index in [1.807, 2.05) is 0 Å². The highest BCUT2D eigenvalue weighted by atomic mass is 32.2. The maximum Gasteiger partial charge on any atom is 0.306 e. The lowest BCUT2D eigenvalue weighted by Gasteiger charge is -2.40. The van der Waals surface area contributed by atoms with Crippen molar-refractivity contribution in [2.45, 2.75) is 243 Å². The van der Waals surface area contributed by atoms with Crippen LogP contribution in [0, 0.1) is 0 Å². The van der Waals surface area contributed by atoms with E-state index in [-0.39, 0.29) is 19.4 Å². The Hall–Kier alpha value is -2.91. The van der Waals surface area contributed by atoms with Gasteiger partial charge < -0.3 is 34.3 Å². The van der Waals surface area contributed by atoms with Gasteiger partial charge in [-0.05, 0) is 83.5 Å². The number of carbonyl (C=O) groups excluding carboxylic acids is 2. The van der Waals surface area contributed by atoms with Crippen LogP contribution < -0.4 is 0 Å². The Morgan fingerprint density at radius 2 is 0.926 bits per heavy atom. The average molecular weight is 979 g/mol. The summed E-state index contributed by atoms with van der Waals surface area (Å²) >= 11 is 0. The van der Waals surface area contributed by atoms with Crippen molar-refractivity contribution in [1.29, 1.82) is 0 Å². The molecule has 12 nitrogen and oxygen atoms in total. The number of esters is 2. The maximum atomic E-state index is 12.9. The third kappa shape index (κ3) is 37.9. The van der Waals surface area contributed by atoms with E-state index in [1.165, 1.54) is 96.3 Å². The Kier molecular flexibility index (Phi) is 40.9. The number of ether oxygens (including phenoxy) is 4. The molecule has 68 heavy (non-hydrogen) atoms. The minimum atomic E-state index is -4.61. The van der Waals surface area contributed by atoms with Crippen LogP contribution in [0.4, 0.5) is 0 Å². The van der Waals surface area contributed by atoms with Crippen molar-refractivity contribution in [2.75, 3.05) is 19.0 Å². The molecule has 0 aliphatic carbocycles. The molecule has 4 N–H and O–H groups in total. The molecule has 1 rings (SSSR count). The largest absolute Gasteiger partial charge is 0.462 e. The molecule has 1 saturated heterocycles. The van der Waals surface area contributed by atoms with E-state index in [2.05, 4.69) is 86.8 Å². The Bertz CT molecular complexity index is 1520. The Balaban J connectivity index is 2.39. The predicted octanol–water partition coefficient (Wildman–Crippen LogP) is 12.2. The van der Waals surface area contributed by atoms with Crippen LogP contribution in [0.3, 0.4) is 0 Å². The highest BCUT2D eigenvalue weighted by Crippen LogP contribution is 2.24. The first-order chi connectivity index (χ1) is 33.0. The molecule has 2 unspecified atom stereocenters. The van der Waals surface area contributed by atoms with Gasteiger partial charge in [-0.1, -0.05) is 183 Å². The number of carbonyl (C=O) groups is 2. The first kappa shape index (κ1) is 63.1. The second-order valence-corrected chi connectivity index (χ2v) is 19.7. The molecular weight excluding hydrogens is 885 g/mol. The summed E-state index contributed by atoms with van der Waals surface area (Å²) in [7, 11) is -4.61. The van der Waals surface area contributed by atoms with Gasteiger partial charge in [-0.15, -0.1) is 0 Å². The highest BCUT2D eigenvalue weighted by molar-refractivity contribution is 7.85. The molecule has 0 aromatic heterocycles. The first-order valence-electron chi connectivity index (χ1n) is 26.5. The summed E-state index contributed by atoms with van der Waals surface area (Å²) in [5.74, 6) is -2.03. The van der Waals surface area contributed by atoms with E-state index >= 15 is 0 Å². The number of aliphatic hydroxyl groups is 3. The van der Waals surface area contributed by atoms with E-state index in [9.17, 15) is 37.9 Å². The summed E-state index contributed by atoms with van der Waals surface area (Å²) in [6, 6.07) is 0. The fourth-order valence-electron chi connectivity index (χ4n) is 7.70. The lowest BCUT2D eigenvalue weighted by molar-refractivity contribution is -0.297. The lowest BCUT2D eigenvalue weighted by atomic mass is 10.00. The molecule has 0 aromatic rings. The number of rotatable bonds is 44. The zero-order valence-electron chi connectivity index (χ0n) is 42.2. The number of aliphatic hydroxyl groups excluding tert-OH is 3. The quantitative estimate of drug-likeness (QED) is 0.0196. The van der Waals surface area contributed by atoms with Crippen LogP contribution in [-0.4, -0.2) is 96.0 Å². The van der Waals surface area contributed by atoms with Gasteiger partial charge in [0, 0.05) is 12.8 Å². The summed E-state index contributed by atoms with van der Waals surface area (Å²) in [6.45, 7) is 3.64. The van der Waals surface area contributed by atoms with Crippen molar-refractivity contribution in [2.24, 2.45) is 0 Å². The molecule has 0 spiro atoms. The Labute approximate surface area is 412 Å². The second kappa shape index (κ2) is 44.1. The third-order valence-corrected chi connectivity index (χ3v) is 12.5. The highest BCUT2D eigenvalue weighted by Gasteiger charge is 2.46. The Morgan fingerprint density at radius 1 is 0.515 bits per heavy atom. The molecule has 0 bridgehead atoms. The molecule has 1 heterocycles. The number of unbranched alkanes of at least 4 members (excludes halogenated alkanes) is 20. The van der Waals surface area contributed by atoms with Gasteiger partial charge in [-0.3, -0.25) is 14.1 Å². The van der Waals surface area contributed by atoms with Crippen LogP contribution in [0.15, 0.2) is 72.9 Å². The number of hydrogen-bond acceptors (Lipinski definition) is 11. The minimum Gasteiger partial charge on any atom is -0.462 e. The van der Waals surface area contributed by atoms with Crippen molar-refractivity contribution >= 4 is 22.1 Å². The summed E-state index contributed by atoms with van der Waals surface area (Å²) in [4.78, 5) is 25.6. The van der Waals surface area contributed by atoms with Gasteiger partial charge in [-0.2, -0.15) is 8.42 Å². The number of allylic oxidation sites excluding steroid dienone is 12. The summed E-state index contributed by atoms with van der Waals surface area (Å²) in [5, 5.41) is 31.0. The van der Waals surface area contributed by atoms with Crippen LogP contribution in [-0.2, 0) is 38.7 Å². The van der Waals surface area contributed by atoms with Gasteiger partial charge in [0.2, 0.25) is 0 Å². The maximum absolute atomic E-state index is 12.9. The van der Waals surface area contributed by atoms with Crippen LogP contribution >= 0.6 is 0 Å². The zero-order chi connectivity index (χ0) is 49.8. The SMILES string of the molecule is CC/C=C/C/C=C/C/C=C/C/C=C/C/C=C/CCCCCC(=O)OC[C@H](CO[C@H]1O[C@H](CS(=O)(=O)O)[C@@H](O)C(O)C1O)OC(=O)CCCCCCCCCCCCC/C=C/CCCCCCCC. The monoisotopic (exact) mass is 979 g/mol.